The molecule has 0 atom stereocenters. The Morgan fingerprint density at radius 1 is 1.30 bits per heavy atom. The number of pyridine rings is 1. The average molecular weight is 334 g/mol. The minimum absolute atomic E-state index is 0.124. The van der Waals surface area contributed by atoms with Gasteiger partial charge in [0, 0.05) is 23.6 Å². The van der Waals surface area contributed by atoms with Gasteiger partial charge in [0.2, 0.25) is 11.9 Å². The molecule has 8 nitrogen and oxygen atoms in total. The fourth-order valence-corrected chi connectivity index (χ4v) is 1.70. The Labute approximate surface area is 142 Å². The van der Waals surface area contributed by atoms with Crippen LogP contribution in [0.5, 0.6) is 0 Å². The topological polar surface area (TPSA) is 109 Å². The quantitative estimate of drug-likeness (QED) is 0.690. The summed E-state index contributed by atoms with van der Waals surface area (Å²) in [5, 5.41) is 16.0. The van der Waals surface area contributed by atoms with Gasteiger partial charge in [0.25, 0.3) is 0 Å². The van der Waals surface area contributed by atoms with Crippen molar-refractivity contribution in [3.8, 4) is 11.4 Å². The Hall–Kier alpha value is -2.87. The summed E-state index contributed by atoms with van der Waals surface area (Å²) in [4.78, 5) is 20.1. The second-order valence-electron chi connectivity index (χ2n) is 4.21. The highest BCUT2D eigenvalue weighted by Crippen LogP contribution is 2.13. The first kappa shape index (κ1) is 10.8. The van der Waals surface area contributed by atoms with Crippen LogP contribution < -0.4 is 5.32 Å². The van der Waals surface area contributed by atoms with Gasteiger partial charge >= 0.3 is 0 Å². The van der Waals surface area contributed by atoms with Gasteiger partial charge < -0.3 is 0 Å². The Morgan fingerprint density at radius 3 is 2.96 bits per heavy atom. The molecule has 0 spiro atoms. The van der Waals surface area contributed by atoms with E-state index in [0.717, 1.165) is 6.20 Å². The summed E-state index contributed by atoms with van der Waals surface area (Å²) in [7, 11) is 0. The van der Waals surface area contributed by atoms with Gasteiger partial charge in [-0.25, -0.2) is 4.98 Å². The molecule has 2 N–H and O–H groups in total. The van der Waals surface area contributed by atoms with E-state index in [0.29, 0.717) is 5.56 Å². The zero-order chi connectivity index (χ0) is 19.7. The smallest absolute Gasteiger partial charge is 0.249 e. The van der Waals surface area contributed by atoms with Crippen molar-refractivity contribution < 1.29 is 10.3 Å². The van der Waals surface area contributed by atoms with Crippen molar-refractivity contribution in [2.24, 2.45) is 0 Å². The molecule has 1 amide bonds. The highest BCUT2D eigenvalue weighted by atomic mass is 35.5. The number of amides is 1. The van der Waals surface area contributed by atoms with E-state index in [1.165, 1.54) is 24.5 Å². The molecule has 3 aromatic rings. The number of rotatable bonds is 5. The molecular formula is C14H12ClN7O. The summed E-state index contributed by atoms with van der Waals surface area (Å²) >= 11 is 5.66. The lowest BCUT2D eigenvalue weighted by Gasteiger charge is -2.01. The van der Waals surface area contributed by atoms with Crippen molar-refractivity contribution in [2.75, 3.05) is 5.32 Å². The van der Waals surface area contributed by atoms with Crippen LogP contribution in [0.15, 0.2) is 36.8 Å². The van der Waals surface area contributed by atoms with Crippen LogP contribution in [0.25, 0.3) is 11.4 Å². The summed E-state index contributed by atoms with van der Waals surface area (Å²) in [6, 6.07) is 4.19. The largest absolute Gasteiger partial charge is 0.293 e. The van der Waals surface area contributed by atoms with Crippen LogP contribution in [0.3, 0.4) is 0 Å². The standard InChI is InChI=1S/C14H12ClN7O/c15-11-3-1-9(7-16-11)2-4-12(23)19-14-20-13(21-22-14)10-5-6-17-18-8-10/h1,3,5-8H,2,4H2,(H2,19,20,21,22,23)/i2D2,4D2. The van der Waals surface area contributed by atoms with E-state index in [-0.39, 0.29) is 22.5 Å². The number of hydrogen-bond acceptors (Lipinski definition) is 6. The van der Waals surface area contributed by atoms with Crippen molar-refractivity contribution in [3.05, 3.63) is 47.5 Å². The van der Waals surface area contributed by atoms with E-state index in [2.05, 4.69) is 35.7 Å². The molecule has 3 rings (SSSR count). The predicted molar refractivity (Wildman–Crippen MR) is 83.6 cm³/mol. The summed E-state index contributed by atoms with van der Waals surface area (Å²) in [5.74, 6) is -1.17. The molecule has 0 saturated heterocycles. The van der Waals surface area contributed by atoms with Crippen molar-refractivity contribution in [2.45, 2.75) is 12.7 Å². The molecule has 0 aliphatic carbocycles. The third kappa shape index (κ3) is 4.07. The average Bonchev–Trinajstić information content (AvgIpc) is 3.11. The van der Waals surface area contributed by atoms with E-state index in [1.54, 1.807) is 6.07 Å². The van der Waals surface area contributed by atoms with Crippen LogP contribution >= 0.6 is 11.6 Å². The number of H-pyrrole nitrogens is 1. The van der Waals surface area contributed by atoms with E-state index in [1.807, 2.05) is 0 Å². The second kappa shape index (κ2) is 6.93. The molecule has 0 aliphatic rings. The number of carbonyl (C=O) groups excluding carboxylic acids is 1. The molecule has 0 unspecified atom stereocenters. The maximum Gasteiger partial charge on any atom is 0.249 e. The Bertz CT molecular complexity index is 950. The second-order valence-corrected chi connectivity index (χ2v) is 4.60. The van der Waals surface area contributed by atoms with Gasteiger partial charge in [0.05, 0.1) is 12.4 Å². The molecular weight excluding hydrogens is 318 g/mol. The monoisotopic (exact) mass is 333 g/mol. The molecule has 0 bridgehead atoms. The number of aromatic amines is 1. The van der Waals surface area contributed by atoms with Crippen LogP contribution in [-0.4, -0.2) is 36.3 Å². The molecule has 23 heavy (non-hydrogen) atoms. The molecule has 3 aromatic heterocycles. The van der Waals surface area contributed by atoms with E-state index in [9.17, 15) is 4.79 Å². The van der Waals surface area contributed by atoms with Crippen LogP contribution in [0.4, 0.5) is 5.95 Å². The molecule has 9 heteroatoms. The highest BCUT2D eigenvalue weighted by molar-refractivity contribution is 6.29. The predicted octanol–water partition coefficient (Wildman–Crippen LogP) is 1.88. The normalized spacial score (nSPS) is 14.3. The first-order chi connectivity index (χ1) is 12.7. The lowest BCUT2D eigenvalue weighted by atomic mass is 10.1. The SMILES string of the molecule is [2H]C([2H])(C(=O)Nc1n[nH]c(-c2ccnnc2)n1)C([2H])([2H])c1ccc(Cl)nc1. The van der Waals surface area contributed by atoms with Crippen LogP contribution in [0.2, 0.25) is 5.15 Å². The summed E-state index contributed by atoms with van der Waals surface area (Å²) in [6.07, 6.45) is -1.67. The molecule has 116 valence electrons. The van der Waals surface area contributed by atoms with Crippen LogP contribution in [0, 0.1) is 0 Å². The number of nitrogens with zero attached hydrogens (tertiary/aromatic N) is 5. The summed E-state index contributed by atoms with van der Waals surface area (Å²) in [6.45, 7) is 0. The number of aromatic nitrogens is 6. The maximum absolute atomic E-state index is 12.4. The number of hydrogen-bond donors (Lipinski definition) is 2. The zero-order valence-corrected chi connectivity index (χ0v) is 12.2. The highest BCUT2D eigenvalue weighted by Gasteiger charge is 2.09. The minimum atomic E-state index is -2.94. The minimum Gasteiger partial charge on any atom is -0.293 e. The van der Waals surface area contributed by atoms with Crippen LogP contribution in [-0.2, 0) is 11.2 Å². The van der Waals surface area contributed by atoms with Crippen molar-refractivity contribution >= 4 is 23.5 Å². The summed E-state index contributed by atoms with van der Waals surface area (Å²) < 4.78 is 32.1. The Kier molecular flexibility index (Phi) is 3.25. The van der Waals surface area contributed by atoms with E-state index >= 15 is 0 Å². The number of carbonyl (C=O) groups is 1. The molecule has 3 heterocycles. The number of nitrogens with one attached hydrogen (secondary N) is 2. The lowest BCUT2D eigenvalue weighted by Crippen LogP contribution is -2.13. The first-order valence-electron chi connectivity index (χ1n) is 8.35. The Morgan fingerprint density at radius 2 is 2.22 bits per heavy atom. The zero-order valence-electron chi connectivity index (χ0n) is 15.5. The Balaban J connectivity index is 1.80. The van der Waals surface area contributed by atoms with Crippen LogP contribution in [0.1, 0.15) is 17.4 Å². The maximum atomic E-state index is 12.4. The van der Waals surface area contributed by atoms with Crippen molar-refractivity contribution in [1.82, 2.24) is 30.4 Å². The number of aryl methyl sites for hydroxylation is 1. The molecule has 0 radical (unpaired) electrons. The number of halogens is 1. The van der Waals surface area contributed by atoms with E-state index < -0.39 is 18.7 Å². The van der Waals surface area contributed by atoms with Crippen molar-refractivity contribution in [1.29, 1.82) is 0 Å². The van der Waals surface area contributed by atoms with Gasteiger partial charge in [-0.3, -0.25) is 15.2 Å². The van der Waals surface area contributed by atoms with E-state index in [4.69, 9.17) is 17.1 Å². The molecule has 0 aromatic carbocycles. The van der Waals surface area contributed by atoms with Gasteiger partial charge in [-0.2, -0.15) is 15.2 Å². The lowest BCUT2D eigenvalue weighted by molar-refractivity contribution is -0.116. The van der Waals surface area contributed by atoms with Gasteiger partial charge in [-0.1, -0.05) is 17.7 Å². The third-order valence-electron chi connectivity index (χ3n) is 2.62. The van der Waals surface area contributed by atoms with Crippen molar-refractivity contribution in [3.63, 3.8) is 0 Å². The fraction of sp³-hybridized carbons (Fsp3) is 0.143. The van der Waals surface area contributed by atoms with Gasteiger partial charge in [0.15, 0.2) is 5.82 Å². The first-order valence-corrected chi connectivity index (χ1v) is 6.72. The third-order valence-corrected chi connectivity index (χ3v) is 2.84. The summed E-state index contributed by atoms with van der Waals surface area (Å²) in [5.41, 5.74) is 0.425. The molecule has 0 fully saturated rings. The fourth-order valence-electron chi connectivity index (χ4n) is 1.59. The molecule has 0 aliphatic heterocycles. The van der Waals surface area contributed by atoms with Gasteiger partial charge in [0.1, 0.15) is 5.15 Å². The van der Waals surface area contributed by atoms with Gasteiger partial charge in [-0.05, 0) is 24.1 Å². The van der Waals surface area contributed by atoms with Gasteiger partial charge in [-0.15, -0.1) is 5.10 Å². The number of anilines is 1. The molecule has 0 saturated carbocycles.